The molecule has 1 heterocycles. The van der Waals surface area contributed by atoms with Crippen molar-refractivity contribution >= 4 is 64.6 Å². The summed E-state index contributed by atoms with van der Waals surface area (Å²) in [5.41, 5.74) is 3.84. The number of nitrogens with zero attached hydrogens (tertiary/aromatic N) is 3. The van der Waals surface area contributed by atoms with E-state index in [0.717, 1.165) is 15.7 Å². The number of nitrogens with one attached hydrogen (secondary N) is 1. The number of carbonyl (C=O) groups is 2. The Bertz CT molecular complexity index is 1060. The van der Waals surface area contributed by atoms with Gasteiger partial charge in [-0.15, -0.1) is 10.2 Å². The minimum absolute atomic E-state index is 0.00219. The van der Waals surface area contributed by atoms with Gasteiger partial charge >= 0.3 is 0 Å². The maximum atomic E-state index is 11.9. The molecule has 0 saturated carbocycles. The van der Waals surface area contributed by atoms with Gasteiger partial charge in [0, 0.05) is 21.9 Å². The van der Waals surface area contributed by atoms with E-state index in [1.165, 1.54) is 35.4 Å². The lowest BCUT2D eigenvalue weighted by Crippen LogP contribution is -2.24. The van der Waals surface area contributed by atoms with Crippen LogP contribution in [0, 0.1) is 0 Å². The van der Waals surface area contributed by atoms with Crippen LogP contribution < -0.4 is 10.5 Å². The Morgan fingerprint density at radius 2 is 1.80 bits per heavy atom. The monoisotopic (exact) mass is 477 g/mol. The van der Waals surface area contributed by atoms with E-state index in [9.17, 15) is 14.7 Å². The molecule has 11 heteroatoms. The van der Waals surface area contributed by atoms with Gasteiger partial charge in [0.2, 0.25) is 0 Å². The van der Waals surface area contributed by atoms with Gasteiger partial charge in [-0.05, 0) is 17.7 Å². The van der Waals surface area contributed by atoms with E-state index in [0.29, 0.717) is 14.9 Å². The summed E-state index contributed by atoms with van der Waals surface area (Å²) in [7, 11) is 0. The Labute approximate surface area is 190 Å². The van der Waals surface area contributed by atoms with Gasteiger partial charge in [0.05, 0.1) is 17.9 Å². The molecule has 154 valence electrons. The third kappa shape index (κ3) is 6.84. The van der Waals surface area contributed by atoms with Crippen LogP contribution in [0.2, 0.25) is 5.02 Å². The number of thioether (sulfide) groups is 2. The average molecular weight is 478 g/mol. The molecule has 0 fully saturated rings. The predicted octanol–water partition coefficient (Wildman–Crippen LogP) is 3.09. The first kappa shape index (κ1) is 22.3. The van der Waals surface area contributed by atoms with Crippen molar-refractivity contribution in [3.05, 3.63) is 70.2 Å². The summed E-state index contributed by atoms with van der Waals surface area (Å²) in [6.07, 6.45) is 1.27. The number of halogens is 1. The fourth-order valence-corrected chi connectivity index (χ4v) is 5.06. The second-order valence-electron chi connectivity index (χ2n) is 5.71. The standard InChI is InChI=1S/C19H15ClN4O3S3/c20-14-7-5-12(6-8-14)10-28-18-23-24-19(30-18)29-11-16(25)22-21-9-13-3-1-2-4-15(13)17(26)27/h1-9H,10-11H2,(H,22,25)(H,26,27)/p-1/b21-9-. The first-order valence-corrected chi connectivity index (χ1v) is 11.6. The molecule has 0 aliphatic rings. The third-order valence-electron chi connectivity index (χ3n) is 3.56. The van der Waals surface area contributed by atoms with Gasteiger partial charge in [0.1, 0.15) is 0 Å². The zero-order valence-electron chi connectivity index (χ0n) is 15.3. The largest absolute Gasteiger partial charge is 0.545 e. The number of hydrazone groups is 1. The molecule has 0 spiro atoms. The van der Waals surface area contributed by atoms with Crippen LogP contribution in [0.1, 0.15) is 21.5 Å². The van der Waals surface area contributed by atoms with Gasteiger partial charge < -0.3 is 9.90 Å². The fraction of sp³-hybridized carbons (Fsp3) is 0.105. The summed E-state index contributed by atoms with van der Waals surface area (Å²) in [5.74, 6) is -0.790. The number of carboxylic acids is 1. The maximum absolute atomic E-state index is 11.9. The molecule has 0 aliphatic heterocycles. The number of carbonyl (C=O) groups excluding carboxylic acids is 2. The summed E-state index contributed by atoms with van der Waals surface area (Å²) in [4.78, 5) is 23.0. The van der Waals surface area contributed by atoms with Crippen molar-refractivity contribution in [3.8, 4) is 0 Å². The number of benzene rings is 2. The van der Waals surface area contributed by atoms with Crippen molar-refractivity contribution in [2.75, 3.05) is 5.75 Å². The number of hydrogen-bond donors (Lipinski definition) is 1. The van der Waals surface area contributed by atoms with Crippen LogP contribution in [-0.2, 0) is 10.5 Å². The maximum Gasteiger partial charge on any atom is 0.250 e. The number of hydrogen-bond acceptors (Lipinski definition) is 9. The van der Waals surface area contributed by atoms with E-state index in [1.54, 1.807) is 30.0 Å². The second-order valence-corrected chi connectivity index (χ2v) is 9.56. The highest BCUT2D eigenvalue weighted by Gasteiger charge is 2.09. The molecule has 0 saturated heterocycles. The molecule has 0 atom stereocenters. The van der Waals surface area contributed by atoms with E-state index in [1.807, 2.05) is 24.3 Å². The molecule has 2 aromatic carbocycles. The highest BCUT2D eigenvalue weighted by molar-refractivity contribution is 8.03. The van der Waals surface area contributed by atoms with Gasteiger partial charge in [-0.25, -0.2) is 5.43 Å². The summed E-state index contributed by atoms with van der Waals surface area (Å²) in [6.45, 7) is 0. The molecule has 1 amide bonds. The molecular weight excluding hydrogens is 464 g/mol. The lowest BCUT2D eigenvalue weighted by atomic mass is 10.1. The van der Waals surface area contributed by atoms with Crippen molar-refractivity contribution in [2.24, 2.45) is 5.10 Å². The van der Waals surface area contributed by atoms with Crippen molar-refractivity contribution in [2.45, 2.75) is 14.4 Å². The molecule has 7 nitrogen and oxygen atoms in total. The van der Waals surface area contributed by atoms with Crippen molar-refractivity contribution in [1.82, 2.24) is 15.6 Å². The Morgan fingerprint density at radius 3 is 2.53 bits per heavy atom. The topological polar surface area (TPSA) is 107 Å². The fourth-order valence-electron chi connectivity index (χ4n) is 2.17. The quantitative estimate of drug-likeness (QED) is 0.286. The summed E-state index contributed by atoms with van der Waals surface area (Å²) >= 11 is 10.1. The minimum atomic E-state index is -1.31. The van der Waals surface area contributed by atoms with Crippen molar-refractivity contribution in [3.63, 3.8) is 0 Å². The van der Waals surface area contributed by atoms with Gasteiger partial charge in [-0.2, -0.15) is 5.10 Å². The van der Waals surface area contributed by atoms with E-state index in [2.05, 4.69) is 20.7 Å². The smallest absolute Gasteiger partial charge is 0.250 e. The second kappa shape index (κ2) is 11.1. The molecule has 0 aliphatic carbocycles. The highest BCUT2D eigenvalue weighted by atomic mass is 35.5. The molecule has 3 aromatic rings. The molecule has 3 rings (SSSR count). The first-order chi connectivity index (χ1) is 14.5. The molecule has 1 aromatic heterocycles. The van der Waals surface area contributed by atoms with Gasteiger partial charge in [0.25, 0.3) is 5.91 Å². The summed E-state index contributed by atoms with van der Waals surface area (Å²) < 4.78 is 1.49. The molecule has 1 N–H and O–H groups in total. The zero-order valence-corrected chi connectivity index (χ0v) is 18.5. The van der Waals surface area contributed by atoms with Crippen LogP contribution >= 0.6 is 46.5 Å². The van der Waals surface area contributed by atoms with E-state index < -0.39 is 5.97 Å². The van der Waals surface area contributed by atoms with Crippen LogP contribution in [-0.4, -0.2) is 34.0 Å². The number of amides is 1. The minimum Gasteiger partial charge on any atom is -0.545 e. The van der Waals surface area contributed by atoms with Crippen molar-refractivity contribution < 1.29 is 14.7 Å². The van der Waals surface area contributed by atoms with Gasteiger partial charge in [-0.1, -0.05) is 82.9 Å². The van der Waals surface area contributed by atoms with Gasteiger partial charge in [0.15, 0.2) is 8.68 Å². The number of carboxylic acid groups (broad SMARTS) is 1. The Balaban J connectivity index is 1.44. The summed E-state index contributed by atoms with van der Waals surface area (Å²) in [6, 6.07) is 13.8. The molecule has 0 unspecified atom stereocenters. The van der Waals surface area contributed by atoms with Crippen LogP contribution in [0.25, 0.3) is 0 Å². The van der Waals surface area contributed by atoms with Crippen LogP contribution in [0.3, 0.4) is 0 Å². The lowest BCUT2D eigenvalue weighted by molar-refractivity contribution is -0.255. The molecular formula is C19H14ClN4O3S3-. The zero-order chi connectivity index (χ0) is 21.3. The highest BCUT2D eigenvalue weighted by Crippen LogP contribution is 2.30. The molecule has 30 heavy (non-hydrogen) atoms. The SMILES string of the molecule is O=C(CSc1nnc(SCc2ccc(Cl)cc2)s1)N/N=C\c1ccccc1C(=O)[O-]. The Hall–Kier alpha value is -2.40. The van der Waals surface area contributed by atoms with E-state index in [4.69, 9.17) is 11.6 Å². The Kier molecular flexibility index (Phi) is 8.26. The first-order valence-electron chi connectivity index (χ1n) is 8.47. The van der Waals surface area contributed by atoms with E-state index >= 15 is 0 Å². The normalized spacial score (nSPS) is 11.0. The number of aromatic nitrogens is 2. The van der Waals surface area contributed by atoms with Gasteiger partial charge in [-0.3, -0.25) is 4.79 Å². The summed E-state index contributed by atoms with van der Waals surface area (Å²) in [5, 5.41) is 23.7. The molecule has 0 radical (unpaired) electrons. The number of rotatable bonds is 9. The average Bonchev–Trinajstić information content (AvgIpc) is 3.20. The van der Waals surface area contributed by atoms with Crippen LogP contribution in [0.4, 0.5) is 0 Å². The lowest BCUT2D eigenvalue weighted by Gasteiger charge is -2.05. The Morgan fingerprint density at radius 1 is 1.10 bits per heavy atom. The third-order valence-corrected chi connectivity index (χ3v) is 7.08. The van der Waals surface area contributed by atoms with E-state index in [-0.39, 0.29) is 17.2 Å². The molecule has 0 bridgehead atoms. The van der Waals surface area contributed by atoms with Crippen LogP contribution in [0.5, 0.6) is 0 Å². The van der Waals surface area contributed by atoms with Crippen molar-refractivity contribution in [1.29, 1.82) is 0 Å². The predicted molar refractivity (Wildman–Crippen MR) is 118 cm³/mol. The number of aromatic carboxylic acids is 1. The van der Waals surface area contributed by atoms with Crippen LogP contribution in [0.15, 0.2) is 62.3 Å².